The first-order chi connectivity index (χ1) is 9.59. The fraction of sp³-hybridized carbons (Fsp3) is 0.562. The molecule has 0 fully saturated rings. The van der Waals surface area contributed by atoms with Gasteiger partial charge >= 0.3 is 0 Å². The van der Waals surface area contributed by atoms with E-state index < -0.39 is 0 Å². The van der Waals surface area contributed by atoms with Gasteiger partial charge in [-0.2, -0.15) is 0 Å². The van der Waals surface area contributed by atoms with Crippen LogP contribution in [-0.2, 0) is 9.53 Å². The van der Waals surface area contributed by atoms with Crippen LogP contribution < -0.4 is 10.6 Å². The van der Waals surface area contributed by atoms with Crippen molar-refractivity contribution in [1.29, 1.82) is 0 Å². The molecule has 0 aliphatic heterocycles. The van der Waals surface area contributed by atoms with Crippen LogP contribution in [0.25, 0.3) is 0 Å². The minimum absolute atomic E-state index is 0.0145. The van der Waals surface area contributed by atoms with Crippen LogP contribution in [-0.4, -0.2) is 31.7 Å². The molecule has 0 spiro atoms. The zero-order valence-corrected chi connectivity index (χ0v) is 12.7. The van der Waals surface area contributed by atoms with E-state index in [0.29, 0.717) is 5.92 Å². The molecular formula is C16H26N2O2. The van der Waals surface area contributed by atoms with E-state index >= 15 is 0 Å². The van der Waals surface area contributed by atoms with Crippen molar-refractivity contribution in [2.24, 2.45) is 5.92 Å². The number of para-hydroxylation sites is 1. The lowest BCUT2D eigenvalue weighted by Crippen LogP contribution is -2.38. The van der Waals surface area contributed by atoms with Crippen molar-refractivity contribution < 1.29 is 9.53 Å². The van der Waals surface area contributed by atoms with E-state index in [0.717, 1.165) is 31.9 Å². The highest BCUT2D eigenvalue weighted by molar-refractivity contribution is 5.94. The highest BCUT2D eigenvalue weighted by Crippen LogP contribution is 2.05. The smallest absolute Gasteiger partial charge is 0.241 e. The SMILES string of the molecule is CC(C)COCCCNC(C)C(=O)Nc1ccccc1. The van der Waals surface area contributed by atoms with Gasteiger partial charge in [0, 0.05) is 18.9 Å². The third kappa shape index (κ3) is 7.26. The summed E-state index contributed by atoms with van der Waals surface area (Å²) in [6.07, 6.45) is 0.912. The second-order valence-electron chi connectivity index (χ2n) is 5.35. The van der Waals surface area contributed by atoms with Crippen molar-refractivity contribution in [2.75, 3.05) is 25.1 Å². The number of hydrogen-bond donors (Lipinski definition) is 2. The molecule has 0 radical (unpaired) electrons. The Kier molecular flexibility index (Phi) is 7.92. The largest absolute Gasteiger partial charge is 0.381 e. The first kappa shape index (κ1) is 16.7. The molecule has 1 unspecified atom stereocenters. The normalized spacial score (nSPS) is 12.4. The number of hydrogen-bond acceptors (Lipinski definition) is 3. The van der Waals surface area contributed by atoms with Gasteiger partial charge in [-0.3, -0.25) is 4.79 Å². The van der Waals surface area contributed by atoms with Crippen molar-refractivity contribution in [3.63, 3.8) is 0 Å². The standard InChI is InChI=1S/C16H26N2O2/c1-13(2)12-20-11-7-10-17-14(3)16(19)18-15-8-5-4-6-9-15/h4-6,8-9,13-14,17H,7,10-12H2,1-3H3,(H,18,19). The van der Waals surface area contributed by atoms with Gasteiger partial charge in [-0.1, -0.05) is 32.0 Å². The van der Waals surface area contributed by atoms with E-state index in [2.05, 4.69) is 24.5 Å². The molecule has 1 amide bonds. The summed E-state index contributed by atoms with van der Waals surface area (Å²) in [5, 5.41) is 6.07. The zero-order chi connectivity index (χ0) is 14.8. The van der Waals surface area contributed by atoms with Gasteiger partial charge in [0.15, 0.2) is 0 Å². The Morgan fingerprint density at radius 3 is 2.55 bits per heavy atom. The lowest BCUT2D eigenvalue weighted by Gasteiger charge is -2.14. The van der Waals surface area contributed by atoms with Gasteiger partial charge < -0.3 is 15.4 Å². The van der Waals surface area contributed by atoms with Gasteiger partial charge in [0.2, 0.25) is 5.91 Å². The molecule has 1 rings (SSSR count). The number of anilines is 1. The van der Waals surface area contributed by atoms with Crippen LogP contribution in [0.1, 0.15) is 27.2 Å². The summed E-state index contributed by atoms with van der Waals surface area (Å²) >= 11 is 0. The molecule has 112 valence electrons. The lowest BCUT2D eigenvalue weighted by atomic mass is 10.2. The molecule has 0 saturated heterocycles. The van der Waals surface area contributed by atoms with Crippen molar-refractivity contribution in [3.8, 4) is 0 Å². The molecule has 0 heterocycles. The Morgan fingerprint density at radius 1 is 1.20 bits per heavy atom. The van der Waals surface area contributed by atoms with Crippen molar-refractivity contribution in [1.82, 2.24) is 5.32 Å². The number of carbonyl (C=O) groups is 1. The summed E-state index contributed by atoms with van der Waals surface area (Å²) in [5.41, 5.74) is 0.825. The van der Waals surface area contributed by atoms with E-state index in [1.54, 1.807) is 0 Å². The summed E-state index contributed by atoms with van der Waals surface area (Å²) < 4.78 is 5.49. The van der Waals surface area contributed by atoms with Gasteiger partial charge in [0.05, 0.1) is 6.04 Å². The van der Waals surface area contributed by atoms with E-state index in [1.807, 2.05) is 37.3 Å². The van der Waals surface area contributed by atoms with Crippen molar-refractivity contribution in [2.45, 2.75) is 33.2 Å². The summed E-state index contributed by atoms with van der Waals surface area (Å²) in [4.78, 5) is 11.9. The van der Waals surface area contributed by atoms with Gasteiger partial charge in [-0.05, 0) is 37.9 Å². The topological polar surface area (TPSA) is 50.4 Å². The van der Waals surface area contributed by atoms with E-state index in [1.165, 1.54) is 0 Å². The number of carbonyl (C=O) groups excluding carboxylic acids is 1. The first-order valence-electron chi connectivity index (χ1n) is 7.26. The maximum Gasteiger partial charge on any atom is 0.241 e. The van der Waals surface area contributed by atoms with Crippen LogP contribution in [0.3, 0.4) is 0 Å². The Morgan fingerprint density at radius 2 is 1.90 bits per heavy atom. The number of nitrogens with one attached hydrogen (secondary N) is 2. The molecule has 0 saturated carbocycles. The van der Waals surface area contributed by atoms with Crippen LogP contribution >= 0.6 is 0 Å². The van der Waals surface area contributed by atoms with Crippen molar-refractivity contribution in [3.05, 3.63) is 30.3 Å². The summed E-state index contributed by atoms with van der Waals surface area (Å²) in [5.74, 6) is 0.554. The van der Waals surface area contributed by atoms with E-state index in [-0.39, 0.29) is 11.9 Å². The van der Waals surface area contributed by atoms with Crippen LogP contribution in [0.4, 0.5) is 5.69 Å². The highest BCUT2D eigenvalue weighted by atomic mass is 16.5. The number of rotatable bonds is 9. The average molecular weight is 278 g/mol. The average Bonchev–Trinajstić information content (AvgIpc) is 2.43. The Balaban J connectivity index is 2.13. The molecule has 0 aliphatic carbocycles. The quantitative estimate of drug-likeness (QED) is 0.683. The van der Waals surface area contributed by atoms with E-state index in [9.17, 15) is 4.79 Å². The van der Waals surface area contributed by atoms with Crippen LogP contribution in [0.15, 0.2) is 30.3 Å². The molecule has 2 N–H and O–H groups in total. The first-order valence-corrected chi connectivity index (χ1v) is 7.26. The third-order valence-corrected chi connectivity index (χ3v) is 2.80. The van der Waals surface area contributed by atoms with Crippen LogP contribution in [0.5, 0.6) is 0 Å². The maximum absolute atomic E-state index is 11.9. The Bertz CT molecular complexity index is 379. The number of amides is 1. The van der Waals surface area contributed by atoms with Gasteiger partial charge in [0.25, 0.3) is 0 Å². The van der Waals surface area contributed by atoms with Gasteiger partial charge in [-0.25, -0.2) is 0 Å². The second-order valence-corrected chi connectivity index (χ2v) is 5.35. The van der Waals surface area contributed by atoms with Crippen molar-refractivity contribution >= 4 is 11.6 Å². The molecule has 1 aromatic rings. The molecular weight excluding hydrogens is 252 g/mol. The van der Waals surface area contributed by atoms with Crippen LogP contribution in [0.2, 0.25) is 0 Å². The Hall–Kier alpha value is -1.39. The predicted molar refractivity (Wildman–Crippen MR) is 82.8 cm³/mol. The maximum atomic E-state index is 11.9. The molecule has 0 bridgehead atoms. The summed E-state index contributed by atoms with van der Waals surface area (Å²) in [6.45, 7) is 8.44. The predicted octanol–water partition coefficient (Wildman–Crippen LogP) is 2.67. The highest BCUT2D eigenvalue weighted by Gasteiger charge is 2.11. The molecule has 4 nitrogen and oxygen atoms in total. The zero-order valence-electron chi connectivity index (χ0n) is 12.7. The van der Waals surface area contributed by atoms with Gasteiger partial charge in [-0.15, -0.1) is 0 Å². The Labute approximate surface area is 121 Å². The fourth-order valence-corrected chi connectivity index (χ4v) is 1.68. The van der Waals surface area contributed by atoms with E-state index in [4.69, 9.17) is 4.74 Å². The lowest BCUT2D eigenvalue weighted by molar-refractivity contribution is -0.117. The number of benzene rings is 1. The number of ether oxygens (including phenoxy) is 1. The molecule has 1 aromatic carbocycles. The third-order valence-electron chi connectivity index (χ3n) is 2.80. The second kappa shape index (κ2) is 9.50. The molecule has 20 heavy (non-hydrogen) atoms. The fourth-order valence-electron chi connectivity index (χ4n) is 1.68. The van der Waals surface area contributed by atoms with Crippen LogP contribution in [0, 0.1) is 5.92 Å². The molecule has 0 aromatic heterocycles. The molecule has 1 atom stereocenters. The summed E-state index contributed by atoms with van der Waals surface area (Å²) in [6, 6.07) is 9.28. The minimum atomic E-state index is -0.208. The van der Waals surface area contributed by atoms with Gasteiger partial charge in [0.1, 0.15) is 0 Å². The molecule has 4 heteroatoms. The molecule has 0 aliphatic rings. The summed E-state index contributed by atoms with van der Waals surface area (Å²) in [7, 11) is 0. The monoisotopic (exact) mass is 278 g/mol. The minimum Gasteiger partial charge on any atom is -0.381 e.